The highest BCUT2D eigenvalue weighted by Gasteiger charge is 1.76. The second kappa shape index (κ2) is 3.21. The number of aromatic amines is 1. The minimum Gasteiger partial charge on any atom is -0.339 e. The molecule has 7 heavy (non-hydrogen) atoms. The third-order valence-electron chi connectivity index (χ3n) is 0.465. The third kappa shape index (κ3) is 2.09. The Labute approximate surface area is 60.2 Å². The second-order valence-electron chi connectivity index (χ2n) is 0.880. The molecular formula is C3H4Br2N2. The molecule has 0 aliphatic heterocycles. The van der Waals surface area contributed by atoms with Crippen molar-refractivity contribution in [2.24, 2.45) is 0 Å². The van der Waals surface area contributed by atoms with Crippen LogP contribution in [0.25, 0.3) is 0 Å². The van der Waals surface area contributed by atoms with Gasteiger partial charge in [0.25, 0.3) is 0 Å². The molecule has 4 heteroatoms. The summed E-state index contributed by atoms with van der Waals surface area (Å²) in [7, 11) is 0. The molecule has 1 rings (SSSR count). The molecule has 0 bridgehead atoms. The van der Waals surface area contributed by atoms with Crippen molar-refractivity contribution in [2.45, 2.75) is 0 Å². The minimum absolute atomic E-state index is 0. The lowest BCUT2D eigenvalue weighted by Gasteiger charge is -1.65. The Morgan fingerprint density at radius 1 is 1.71 bits per heavy atom. The van der Waals surface area contributed by atoms with Gasteiger partial charge >= 0.3 is 0 Å². The van der Waals surface area contributed by atoms with Crippen molar-refractivity contribution >= 4 is 32.9 Å². The van der Waals surface area contributed by atoms with Crippen molar-refractivity contribution in [3.8, 4) is 0 Å². The van der Waals surface area contributed by atoms with E-state index in [-0.39, 0.29) is 17.0 Å². The fraction of sp³-hybridized carbons (Fsp3) is 0. The monoisotopic (exact) mass is 226 g/mol. The van der Waals surface area contributed by atoms with Crippen LogP contribution in [0.4, 0.5) is 0 Å². The van der Waals surface area contributed by atoms with E-state index in [2.05, 4.69) is 25.9 Å². The Hall–Kier alpha value is 0.170. The first kappa shape index (κ1) is 7.17. The number of halogens is 2. The lowest BCUT2D eigenvalue weighted by molar-refractivity contribution is 1.24. The Morgan fingerprint density at radius 3 is 2.57 bits per heavy atom. The smallest absolute Gasteiger partial charge is 0.174 e. The van der Waals surface area contributed by atoms with Gasteiger partial charge in [0.2, 0.25) is 0 Å². The maximum atomic E-state index is 3.78. The zero-order chi connectivity index (χ0) is 4.41. The van der Waals surface area contributed by atoms with Crippen LogP contribution in [-0.2, 0) is 0 Å². The maximum Gasteiger partial charge on any atom is 0.174 e. The maximum absolute atomic E-state index is 3.78. The number of nitrogens with zero attached hydrogens (tertiary/aromatic N) is 1. The van der Waals surface area contributed by atoms with Crippen molar-refractivity contribution < 1.29 is 0 Å². The Morgan fingerprint density at radius 2 is 2.43 bits per heavy atom. The highest BCUT2D eigenvalue weighted by molar-refractivity contribution is 9.10. The molecule has 0 saturated heterocycles. The van der Waals surface area contributed by atoms with Crippen LogP contribution in [0.5, 0.6) is 0 Å². The summed E-state index contributed by atoms with van der Waals surface area (Å²) in [5, 5.41) is 0. The first-order valence-corrected chi connectivity index (χ1v) is 2.34. The summed E-state index contributed by atoms with van der Waals surface area (Å²) in [5.74, 6) is 0. The molecule has 0 saturated carbocycles. The van der Waals surface area contributed by atoms with E-state index in [4.69, 9.17) is 0 Å². The summed E-state index contributed by atoms with van der Waals surface area (Å²) in [5.41, 5.74) is 0. The lowest BCUT2D eigenvalue weighted by Crippen LogP contribution is -1.57. The molecule has 1 aromatic rings. The molecular weight excluding hydrogens is 224 g/mol. The van der Waals surface area contributed by atoms with Crippen LogP contribution >= 0.6 is 32.9 Å². The topological polar surface area (TPSA) is 28.7 Å². The fourth-order valence-corrected chi connectivity index (χ4v) is 0.496. The highest BCUT2D eigenvalue weighted by Crippen LogP contribution is 1.95. The van der Waals surface area contributed by atoms with Gasteiger partial charge in [-0.3, -0.25) is 0 Å². The quantitative estimate of drug-likeness (QED) is 0.719. The molecule has 0 atom stereocenters. The summed E-state index contributed by atoms with van der Waals surface area (Å²) in [6, 6.07) is 0. The molecule has 0 fully saturated rings. The van der Waals surface area contributed by atoms with Gasteiger partial charge in [-0.1, -0.05) is 0 Å². The van der Waals surface area contributed by atoms with E-state index in [0.717, 1.165) is 4.73 Å². The number of nitrogens with one attached hydrogen (secondary N) is 1. The van der Waals surface area contributed by atoms with Gasteiger partial charge in [-0.15, -0.1) is 17.0 Å². The van der Waals surface area contributed by atoms with Crippen LogP contribution in [0.2, 0.25) is 0 Å². The van der Waals surface area contributed by atoms with Gasteiger partial charge in [-0.05, 0) is 15.9 Å². The molecule has 0 amide bonds. The number of H-pyrrole nitrogens is 1. The molecule has 1 aromatic heterocycles. The zero-order valence-corrected chi connectivity index (χ0v) is 6.69. The lowest BCUT2D eigenvalue weighted by atomic mass is 11.0. The van der Waals surface area contributed by atoms with Crippen LogP contribution in [-0.4, -0.2) is 9.97 Å². The molecule has 2 nitrogen and oxygen atoms in total. The predicted molar refractivity (Wildman–Crippen MR) is 36.6 cm³/mol. The predicted octanol–water partition coefficient (Wildman–Crippen LogP) is 1.75. The zero-order valence-electron chi connectivity index (χ0n) is 3.39. The van der Waals surface area contributed by atoms with E-state index < -0.39 is 0 Å². The number of hydrogen-bond acceptors (Lipinski definition) is 1. The standard InChI is InChI=1S/C3H3BrN2.BrH/c4-3-5-1-2-6-3;/h1-2H,(H,5,6);1H. The average molecular weight is 228 g/mol. The van der Waals surface area contributed by atoms with Gasteiger partial charge in [0.15, 0.2) is 4.73 Å². The number of imidazole rings is 1. The van der Waals surface area contributed by atoms with E-state index in [1.54, 1.807) is 12.4 Å². The van der Waals surface area contributed by atoms with Gasteiger partial charge in [-0.2, -0.15) is 0 Å². The van der Waals surface area contributed by atoms with E-state index in [1.165, 1.54) is 0 Å². The van der Waals surface area contributed by atoms with Gasteiger partial charge in [0.05, 0.1) is 0 Å². The molecule has 0 spiro atoms. The number of aromatic nitrogens is 2. The van der Waals surface area contributed by atoms with Crippen LogP contribution in [0, 0.1) is 0 Å². The summed E-state index contributed by atoms with van der Waals surface area (Å²) in [4.78, 5) is 6.58. The normalized spacial score (nSPS) is 7.57. The van der Waals surface area contributed by atoms with E-state index in [9.17, 15) is 0 Å². The van der Waals surface area contributed by atoms with Crippen LogP contribution in [0.15, 0.2) is 17.1 Å². The van der Waals surface area contributed by atoms with E-state index in [1.807, 2.05) is 0 Å². The van der Waals surface area contributed by atoms with Crippen molar-refractivity contribution in [3.63, 3.8) is 0 Å². The summed E-state index contributed by atoms with van der Waals surface area (Å²) in [6.45, 7) is 0. The Kier molecular flexibility index (Phi) is 3.29. The van der Waals surface area contributed by atoms with Crippen molar-refractivity contribution in [1.82, 2.24) is 9.97 Å². The van der Waals surface area contributed by atoms with E-state index in [0.29, 0.717) is 0 Å². The van der Waals surface area contributed by atoms with Crippen LogP contribution < -0.4 is 0 Å². The summed E-state index contributed by atoms with van der Waals surface area (Å²) >= 11 is 3.11. The molecule has 1 heterocycles. The molecule has 1 N–H and O–H groups in total. The molecule has 0 aliphatic carbocycles. The minimum atomic E-state index is 0. The Bertz CT molecular complexity index is 114. The average Bonchev–Trinajstić information content (AvgIpc) is 1.86. The first-order valence-electron chi connectivity index (χ1n) is 1.54. The second-order valence-corrected chi connectivity index (χ2v) is 1.63. The van der Waals surface area contributed by atoms with Gasteiger partial charge < -0.3 is 4.98 Å². The van der Waals surface area contributed by atoms with Crippen LogP contribution in [0.3, 0.4) is 0 Å². The molecule has 0 unspecified atom stereocenters. The molecule has 40 valence electrons. The van der Waals surface area contributed by atoms with E-state index >= 15 is 0 Å². The van der Waals surface area contributed by atoms with Crippen molar-refractivity contribution in [2.75, 3.05) is 0 Å². The van der Waals surface area contributed by atoms with Crippen molar-refractivity contribution in [3.05, 3.63) is 17.1 Å². The fourth-order valence-electron chi connectivity index (χ4n) is 0.246. The largest absolute Gasteiger partial charge is 0.339 e. The highest BCUT2D eigenvalue weighted by atomic mass is 79.9. The summed E-state index contributed by atoms with van der Waals surface area (Å²) < 4.78 is 0.780. The van der Waals surface area contributed by atoms with Gasteiger partial charge in [0, 0.05) is 12.4 Å². The molecule has 0 aromatic carbocycles. The van der Waals surface area contributed by atoms with Gasteiger partial charge in [0.1, 0.15) is 0 Å². The van der Waals surface area contributed by atoms with Crippen molar-refractivity contribution in [1.29, 1.82) is 0 Å². The SMILES string of the molecule is Br.Brc1ncc[nH]1. The number of rotatable bonds is 0. The molecule has 0 aliphatic rings. The first-order chi connectivity index (χ1) is 2.89. The third-order valence-corrected chi connectivity index (χ3v) is 0.899. The van der Waals surface area contributed by atoms with Gasteiger partial charge in [-0.25, -0.2) is 4.98 Å². The summed E-state index contributed by atoms with van der Waals surface area (Å²) in [6.07, 6.45) is 3.44. The molecule has 0 radical (unpaired) electrons. The van der Waals surface area contributed by atoms with Crippen LogP contribution in [0.1, 0.15) is 0 Å². The Balaban J connectivity index is 0.000000360. The number of hydrogen-bond donors (Lipinski definition) is 1.